The van der Waals surface area contributed by atoms with Crippen molar-refractivity contribution in [2.24, 2.45) is 0 Å². The number of pyridine rings is 1. The molecule has 0 radical (unpaired) electrons. The third kappa shape index (κ3) is 3.14. The fourth-order valence-corrected chi connectivity index (χ4v) is 3.66. The Morgan fingerprint density at radius 2 is 1.92 bits per heavy atom. The third-order valence-corrected chi connectivity index (χ3v) is 4.96. The molecule has 0 amide bonds. The number of aromatic nitrogens is 2. The first-order valence-corrected chi connectivity index (χ1v) is 8.70. The lowest BCUT2D eigenvalue weighted by atomic mass is 10.2. The summed E-state index contributed by atoms with van der Waals surface area (Å²) in [6, 6.07) is 18.9. The van der Waals surface area contributed by atoms with E-state index in [9.17, 15) is 0 Å². The quantitative estimate of drug-likeness (QED) is 0.553. The molecule has 0 saturated heterocycles. The van der Waals surface area contributed by atoms with E-state index in [1.54, 1.807) is 17.5 Å². The lowest BCUT2D eigenvalue weighted by Crippen LogP contribution is -1.99. The Balaban J connectivity index is 1.52. The van der Waals surface area contributed by atoms with Crippen LogP contribution in [0.5, 0.6) is 0 Å². The van der Waals surface area contributed by atoms with E-state index in [1.165, 1.54) is 15.8 Å². The van der Waals surface area contributed by atoms with E-state index in [4.69, 9.17) is 4.98 Å². The van der Waals surface area contributed by atoms with Crippen LogP contribution in [-0.2, 0) is 6.54 Å². The molecule has 0 aliphatic rings. The number of aryl methyl sites for hydroxylation is 1. The number of hydrogen-bond acceptors (Lipinski definition) is 4. The van der Waals surface area contributed by atoms with Gasteiger partial charge in [-0.2, -0.15) is 0 Å². The van der Waals surface area contributed by atoms with Crippen LogP contribution in [0.15, 0.2) is 67.0 Å². The second-order valence-electron chi connectivity index (χ2n) is 5.78. The van der Waals surface area contributed by atoms with Crippen LogP contribution in [0.3, 0.4) is 0 Å². The Morgan fingerprint density at radius 3 is 2.71 bits per heavy atom. The molecular weight excluding hydrogens is 314 g/mol. The van der Waals surface area contributed by atoms with E-state index >= 15 is 0 Å². The maximum Gasteiger partial charge on any atom is 0.124 e. The summed E-state index contributed by atoms with van der Waals surface area (Å²) in [6.45, 7) is 2.88. The molecule has 2 heterocycles. The summed E-state index contributed by atoms with van der Waals surface area (Å²) in [4.78, 5) is 8.87. The molecule has 0 spiro atoms. The number of fused-ring (bicyclic) bond motifs is 1. The zero-order valence-corrected chi connectivity index (χ0v) is 14.2. The predicted molar refractivity (Wildman–Crippen MR) is 101 cm³/mol. The molecule has 0 aliphatic heterocycles. The number of nitrogens with one attached hydrogen (secondary N) is 1. The van der Waals surface area contributed by atoms with Gasteiger partial charge in [0.2, 0.25) is 0 Å². The summed E-state index contributed by atoms with van der Waals surface area (Å²) in [5.41, 5.74) is 5.76. The van der Waals surface area contributed by atoms with Crippen molar-refractivity contribution in [2.45, 2.75) is 13.5 Å². The number of benzene rings is 2. The molecule has 4 aromatic rings. The molecule has 0 bridgehead atoms. The molecule has 1 N–H and O–H groups in total. The van der Waals surface area contributed by atoms with Gasteiger partial charge in [-0.1, -0.05) is 12.1 Å². The van der Waals surface area contributed by atoms with Crippen molar-refractivity contribution in [3.63, 3.8) is 0 Å². The van der Waals surface area contributed by atoms with Gasteiger partial charge in [0.05, 0.1) is 10.2 Å². The van der Waals surface area contributed by atoms with Crippen molar-refractivity contribution in [1.82, 2.24) is 9.97 Å². The normalized spacial score (nSPS) is 10.9. The van der Waals surface area contributed by atoms with E-state index in [1.807, 2.05) is 12.3 Å². The van der Waals surface area contributed by atoms with Crippen LogP contribution in [0, 0.1) is 6.92 Å². The van der Waals surface area contributed by atoms with Gasteiger partial charge < -0.3 is 5.32 Å². The minimum atomic E-state index is 0.771. The SMILES string of the molecule is Cc1ccc2nc(-c3ccc(NCc4cccnc4)cc3)sc2c1. The molecule has 4 heteroatoms. The standard InChI is InChI=1S/C20H17N3S/c1-14-4-9-18-19(11-14)24-20(23-18)16-5-7-17(8-6-16)22-13-15-3-2-10-21-12-15/h2-12,22H,13H2,1H3. The van der Waals surface area contributed by atoms with Crippen LogP contribution in [0.4, 0.5) is 5.69 Å². The van der Waals surface area contributed by atoms with Crippen LogP contribution in [0.1, 0.15) is 11.1 Å². The molecule has 0 aliphatic carbocycles. The summed E-state index contributed by atoms with van der Waals surface area (Å²) < 4.78 is 1.24. The van der Waals surface area contributed by atoms with Gasteiger partial charge in [0.15, 0.2) is 0 Å². The molecule has 0 atom stereocenters. The predicted octanol–water partition coefficient (Wildman–Crippen LogP) is 5.28. The zero-order valence-electron chi connectivity index (χ0n) is 13.4. The van der Waals surface area contributed by atoms with E-state index in [2.05, 4.69) is 65.8 Å². The molecule has 2 aromatic heterocycles. The number of nitrogens with zero attached hydrogens (tertiary/aromatic N) is 2. The lowest BCUT2D eigenvalue weighted by Gasteiger charge is -2.06. The highest BCUT2D eigenvalue weighted by atomic mass is 32.1. The van der Waals surface area contributed by atoms with Crippen molar-refractivity contribution in [1.29, 1.82) is 0 Å². The first kappa shape index (κ1) is 14.8. The van der Waals surface area contributed by atoms with Crippen LogP contribution in [0.25, 0.3) is 20.8 Å². The van der Waals surface area contributed by atoms with Gasteiger partial charge in [0, 0.05) is 30.2 Å². The summed E-state index contributed by atoms with van der Waals surface area (Å²) in [7, 11) is 0. The summed E-state index contributed by atoms with van der Waals surface area (Å²) in [5.74, 6) is 0. The highest BCUT2D eigenvalue weighted by Gasteiger charge is 2.06. The molecule has 0 unspecified atom stereocenters. The second-order valence-corrected chi connectivity index (χ2v) is 6.81. The molecule has 24 heavy (non-hydrogen) atoms. The van der Waals surface area contributed by atoms with Gasteiger partial charge in [-0.05, 0) is 60.5 Å². The highest BCUT2D eigenvalue weighted by molar-refractivity contribution is 7.21. The third-order valence-electron chi connectivity index (χ3n) is 3.90. The minimum Gasteiger partial charge on any atom is -0.381 e. The Morgan fingerprint density at radius 1 is 1.04 bits per heavy atom. The fourth-order valence-electron chi connectivity index (χ4n) is 2.59. The molecule has 118 valence electrons. The molecule has 3 nitrogen and oxygen atoms in total. The molecule has 0 saturated carbocycles. The van der Waals surface area contributed by atoms with Gasteiger partial charge >= 0.3 is 0 Å². The van der Waals surface area contributed by atoms with E-state index < -0.39 is 0 Å². The summed E-state index contributed by atoms with van der Waals surface area (Å²) in [6.07, 6.45) is 3.67. The highest BCUT2D eigenvalue weighted by Crippen LogP contribution is 2.31. The largest absolute Gasteiger partial charge is 0.381 e. The number of anilines is 1. The van der Waals surface area contributed by atoms with Crippen molar-refractivity contribution in [2.75, 3.05) is 5.32 Å². The van der Waals surface area contributed by atoms with E-state index in [0.717, 1.165) is 28.3 Å². The van der Waals surface area contributed by atoms with Crippen LogP contribution in [-0.4, -0.2) is 9.97 Å². The summed E-state index contributed by atoms with van der Waals surface area (Å²) >= 11 is 1.74. The first-order chi connectivity index (χ1) is 11.8. The van der Waals surface area contributed by atoms with Crippen molar-refractivity contribution < 1.29 is 0 Å². The molecule has 4 rings (SSSR count). The number of rotatable bonds is 4. The van der Waals surface area contributed by atoms with Crippen molar-refractivity contribution in [3.05, 3.63) is 78.1 Å². The van der Waals surface area contributed by atoms with Gasteiger partial charge in [-0.3, -0.25) is 4.98 Å². The Kier molecular flexibility index (Phi) is 3.97. The lowest BCUT2D eigenvalue weighted by molar-refractivity contribution is 1.11. The van der Waals surface area contributed by atoms with Crippen LogP contribution in [0.2, 0.25) is 0 Å². The topological polar surface area (TPSA) is 37.8 Å². The van der Waals surface area contributed by atoms with Crippen molar-refractivity contribution in [3.8, 4) is 10.6 Å². The van der Waals surface area contributed by atoms with Gasteiger partial charge in [0.25, 0.3) is 0 Å². The fraction of sp³-hybridized carbons (Fsp3) is 0.100. The van der Waals surface area contributed by atoms with Crippen LogP contribution >= 0.6 is 11.3 Å². The Bertz CT molecular complexity index is 959. The van der Waals surface area contributed by atoms with Crippen molar-refractivity contribution >= 4 is 27.2 Å². The Hall–Kier alpha value is -2.72. The van der Waals surface area contributed by atoms with Gasteiger partial charge in [0.1, 0.15) is 5.01 Å². The molecular formula is C20H17N3S. The maximum atomic E-state index is 4.74. The monoisotopic (exact) mass is 331 g/mol. The first-order valence-electron chi connectivity index (χ1n) is 7.88. The Labute approximate surface area is 145 Å². The molecule has 0 fully saturated rings. The van der Waals surface area contributed by atoms with Crippen LogP contribution < -0.4 is 5.32 Å². The maximum absolute atomic E-state index is 4.74. The average molecular weight is 331 g/mol. The van der Waals surface area contributed by atoms with Gasteiger partial charge in [-0.15, -0.1) is 11.3 Å². The molecule has 2 aromatic carbocycles. The second kappa shape index (κ2) is 6.42. The average Bonchev–Trinajstić information content (AvgIpc) is 3.04. The zero-order chi connectivity index (χ0) is 16.4. The van der Waals surface area contributed by atoms with Gasteiger partial charge in [-0.25, -0.2) is 4.98 Å². The number of hydrogen-bond donors (Lipinski definition) is 1. The van der Waals surface area contributed by atoms with E-state index in [0.29, 0.717) is 0 Å². The number of thiazole rings is 1. The minimum absolute atomic E-state index is 0.771. The van der Waals surface area contributed by atoms with E-state index in [-0.39, 0.29) is 0 Å². The summed E-state index contributed by atoms with van der Waals surface area (Å²) in [5, 5.41) is 4.48. The smallest absolute Gasteiger partial charge is 0.124 e.